The van der Waals surface area contributed by atoms with Gasteiger partial charge in [0, 0.05) is 12.7 Å². The normalized spacial score (nSPS) is 10.2. The van der Waals surface area contributed by atoms with Crippen molar-refractivity contribution in [1.82, 2.24) is 9.13 Å². The van der Waals surface area contributed by atoms with E-state index in [0.717, 1.165) is 15.7 Å². The number of hydrogen-bond acceptors (Lipinski definition) is 3. The lowest BCUT2D eigenvalue weighted by atomic mass is 10.1. The fraction of sp³-hybridized carbons (Fsp3) is 0.267. The quantitative estimate of drug-likeness (QED) is 0.842. The van der Waals surface area contributed by atoms with Gasteiger partial charge >= 0.3 is 5.69 Å². The van der Waals surface area contributed by atoms with E-state index in [-0.39, 0.29) is 17.8 Å². The molecule has 0 aliphatic rings. The summed E-state index contributed by atoms with van der Waals surface area (Å²) in [7, 11) is 0. The molecule has 0 amide bonds. The lowest BCUT2D eigenvalue weighted by Gasteiger charge is -2.11. The van der Waals surface area contributed by atoms with Crippen molar-refractivity contribution in [2.75, 3.05) is 0 Å². The van der Waals surface area contributed by atoms with Gasteiger partial charge in [0.25, 0.3) is 5.56 Å². The smallest absolute Gasteiger partial charge is 0.299 e. The van der Waals surface area contributed by atoms with Gasteiger partial charge in [0.15, 0.2) is 0 Å². The zero-order valence-electron chi connectivity index (χ0n) is 11.5. The van der Waals surface area contributed by atoms with Gasteiger partial charge in [0.2, 0.25) is 0 Å². The summed E-state index contributed by atoms with van der Waals surface area (Å²) in [6.07, 6.45) is 1.32. The molecule has 1 heterocycles. The molecule has 0 aliphatic heterocycles. The molecule has 0 N–H and O–H groups in total. The van der Waals surface area contributed by atoms with Gasteiger partial charge in [-0.1, -0.05) is 24.3 Å². The molecule has 1 aromatic carbocycles. The van der Waals surface area contributed by atoms with Crippen LogP contribution in [0.2, 0.25) is 0 Å². The summed E-state index contributed by atoms with van der Waals surface area (Å²) in [5.74, 6) is 0. The largest absolute Gasteiger partial charge is 0.331 e. The molecule has 2 rings (SSSR count). The lowest BCUT2D eigenvalue weighted by Crippen LogP contribution is -2.41. The zero-order chi connectivity index (χ0) is 14.7. The fourth-order valence-corrected chi connectivity index (χ4v) is 2.05. The summed E-state index contributed by atoms with van der Waals surface area (Å²) < 4.78 is 2.49. The second kappa shape index (κ2) is 5.57. The van der Waals surface area contributed by atoms with Gasteiger partial charge in [0.1, 0.15) is 11.6 Å². The van der Waals surface area contributed by atoms with Crippen LogP contribution in [0.15, 0.2) is 40.1 Å². The molecule has 0 unspecified atom stereocenters. The highest BCUT2D eigenvalue weighted by Crippen LogP contribution is 2.07. The standard InChI is InChI=1S/C15H15N3O2/c1-3-17-9-13(8-16)14(19)18(15(17)20)10-12-7-5-4-6-11(12)2/h4-7,9H,3,10H2,1-2H3. The summed E-state index contributed by atoms with van der Waals surface area (Å²) in [6, 6.07) is 9.40. The maximum atomic E-state index is 12.2. The molecular formula is C15H15N3O2. The number of nitrogens with zero attached hydrogens (tertiary/aromatic N) is 3. The second-order valence-corrected chi connectivity index (χ2v) is 4.54. The van der Waals surface area contributed by atoms with Gasteiger partial charge in [-0.2, -0.15) is 5.26 Å². The van der Waals surface area contributed by atoms with E-state index < -0.39 is 5.56 Å². The van der Waals surface area contributed by atoms with E-state index >= 15 is 0 Å². The van der Waals surface area contributed by atoms with Crippen molar-refractivity contribution in [3.63, 3.8) is 0 Å². The van der Waals surface area contributed by atoms with Crippen LogP contribution in [0, 0.1) is 18.3 Å². The average molecular weight is 269 g/mol. The maximum absolute atomic E-state index is 12.2. The van der Waals surface area contributed by atoms with Crippen LogP contribution in [-0.2, 0) is 13.1 Å². The SMILES string of the molecule is CCn1cc(C#N)c(=O)n(Cc2ccccc2C)c1=O. The van der Waals surface area contributed by atoms with Gasteiger partial charge in [0.05, 0.1) is 6.54 Å². The van der Waals surface area contributed by atoms with Crippen LogP contribution in [0.3, 0.4) is 0 Å². The monoisotopic (exact) mass is 269 g/mol. The number of nitriles is 1. The van der Waals surface area contributed by atoms with Gasteiger partial charge < -0.3 is 0 Å². The first-order chi connectivity index (χ1) is 9.58. The summed E-state index contributed by atoms with van der Waals surface area (Å²) in [5.41, 5.74) is 0.957. The molecule has 0 aliphatic carbocycles. The second-order valence-electron chi connectivity index (χ2n) is 4.54. The molecule has 0 bridgehead atoms. The van der Waals surface area contributed by atoms with E-state index in [1.54, 1.807) is 6.92 Å². The molecule has 5 heteroatoms. The van der Waals surface area contributed by atoms with Crippen LogP contribution in [0.5, 0.6) is 0 Å². The van der Waals surface area contributed by atoms with E-state index in [2.05, 4.69) is 0 Å². The molecule has 2 aromatic rings. The van der Waals surface area contributed by atoms with Crippen LogP contribution in [0.1, 0.15) is 23.6 Å². The topological polar surface area (TPSA) is 67.8 Å². The third kappa shape index (κ3) is 2.41. The molecule has 0 radical (unpaired) electrons. The molecular weight excluding hydrogens is 254 g/mol. The minimum Gasteiger partial charge on any atom is -0.299 e. The number of aryl methyl sites for hydroxylation is 2. The molecule has 1 aromatic heterocycles. The van der Waals surface area contributed by atoms with Crippen LogP contribution < -0.4 is 11.2 Å². The molecule has 0 spiro atoms. The van der Waals surface area contributed by atoms with Crippen LogP contribution in [-0.4, -0.2) is 9.13 Å². The third-order valence-electron chi connectivity index (χ3n) is 3.29. The number of rotatable bonds is 3. The lowest BCUT2D eigenvalue weighted by molar-refractivity contribution is 0.596. The minimum atomic E-state index is -0.537. The first-order valence-corrected chi connectivity index (χ1v) is 6.37. The maximum Gasteiger partial charge on any atom is 0.331 e. The van der Waals surface area contributed by atoms with E-state index in [0.29, 0.717) is 6.54 Å². The van der Waals surface area contributed by atoms with Gasteiger partial charge in [-0.25, -0.2) is 4.79 Å². The predicted molar refractivity (Wildman–Crippen MR) is 75.6 cm³/mol. The Kier molecular flexibility index (Phi) is 3.85. The average Bonchev–Trinajstić information content (AvgIpc) is 2.45. The van der Waals surface area contributed by atoms with Crippen molar-refractivity contribution in [2.45, 2.75) is 26.9 Å². The third-order valence-corrected chi connectivity index (χ3v) is 3.29. The number of hydrogen-bond donors (Lipinski definition) is 0. The number of benzene rings is 1. The highest BCUT2D eigenvalue weighted by molar-refractivity contribution is 5.27. The van der Waals surface area contributed by atoms with Crippen molar-refractivity contribution in [3.8, 4) is 6.07 Å². The van der Waals surface area contributed by atoms with Crippen molar-refractivity contribution in [2.24, 2.45) is 0 Å². The summed E-state index contributed by atoms with van der Waals surface area (Å²) in [6.45, 7) is 4.32. The summed E-state index contributed by atoms with van der Waals surface area (Å²) in [4.78, 5) is 24.4. The van der Waals surface area contributed by atoms with Crippen molar-refractivity contribution >= 4 is 0 Å². The van der Waals surface area contributed by atoms with Crippen LogP contribution in [0.4, 0.5) is 0 Å². The Morgan fingerprint density at radius 1 is 1.25 bits per heavy atom. The molecule has 102 valence electrons. The summed E-state index contributed by atoms with van der Waals surface area (Å²) in [5, 5.41) is 9.00. The molecule has 0 atom stereocenters. The first-order valence-electron chi connectivity index (χ1n) is 6.37. The molecule has 5 nitrogen and oxygen atoms in total. The Hall–Kier alpha value is -2.61. The van der Waals surface area contributed by atoms with Crippen molar-refractivity contribution in [3.05, 3.63) is 68.0 Å². The highest BCUT2D eigenvalue weighted by Gasteiger charge is 2.11. The fourth-order valence-electron chi connectivity index (χ4n) is 2.05. The molecule has 20 heavy (non-hydrogen) atoms. The van der Waals surface area contributed by atoms with Crippen molar-refractivity contribution in [1.29, 1.82) is 5.26 Å². The Morgan fingerprint density at radius 3 is 2.55 bits per heavy atom. The van der Waals surface area contributed by atoms with E-state index in [1.165, 1.54) is 10.8 Å². The van der Waals surface area contributed by atoms with Gasteiger partial charge in [-0.05, 0) is 25.0 Å². The number of aromatic nitrogens is 2. The Bertz CT molecular complexity index is 794. The van der Waals surface area contributed by atoms with Gasteiger partial charge in [-0.3, -0.25) is 13.9 Å². The Morgan fingerprint density at radius 2 is 1.95 bits per heavy atom. The minimum absolute atomic E-state index is 0.0139. The van der Waals surface area contributed by atoms with Crippen LogP contribution >= 0.6 is 0 Å². The van der Waals surface area contributed by atoms with Gasteiger partial charge in [-0.15, -0.1) is 0 Å². The predicted octanol–water partition coefficient (Wildman–Crippen LogP) is 1.26. The Balaban J connectivity index is 2.63. The summed E-state index contributed by atoms with van der Waals surface area (Å²) >= 11 is 0. The molecule has 0 fully saturated rings. The first kappa shape index (κ1) is 13.8. The highest BCUT2D eigenvalue weighted by atomic mass is 16.2. The van der Waals surface area contributed by atoms with E-state index in [1.807, 2.05) is 37.3 Å². The van der Waals surface area contributed by atoms with E-state index in [9.17, 15) is 9.59 Å². The molecule has 0 saturated carbocycles. The van der Waals surface area contributed by atoms with Crippen LogP contribution in [0.25, 0.3) is 0 Å². The van der Waals surface area contributed by atoms with Crippen molar-refractivity contribution < 1.29 is 0 Å². The Labute approximate surface area is 116 Å². The van der Waals surface area contributed by atoms with E-state index in [4.69, 9.17) is 5.26 Å². The zero-order valence-corrected chi connectivity index (χ0v) is 11.5. The molecule has 0 saturated heterocycles.